The SMILES string of the molecule is CC1(C)c2ccccc2-c2ccc(N(c3ccc(-c4ccccc4)cc3)c3ccc4oc5c6ccccc6c(-c6ccc7ccccc7c6)cc5c4c3)cc21. The molecule has 0 N–H and O–H groups in total. The Kier molecular flexibility index (Phi) is 6.93. The molecule has 0 aliphatic heterocycles. The van der Waals surface area contributed by atoms with Gasteiger partial charge in [0.1, 0.15) is 11.2 Å². The predicted molar refractivity (Wildman–Crippen MR) is 232 cm³/mol. The van der Waals surface area contributed by atoms with E-state index in [0.717, 1.165) is 44.4 Å². The van der Waals surface area contributed by atoms with Crippen LogP contribution in [0.1, 0.15) is 25.0 Å². The second-order valence-corrected chi connectivity index (χ2v) is 15.3. The van der Waals surface area contributed by atoms with Crippen molar-refractivity contribution in [3.63, 3.8) is 0 Å². The summed E-state index contributed by atoms with van der Waals surface area (Å²) in [6.07, 6.45) is 0. The molecule has 2 nitrogen and oxygen atoms in total. The van der Waals surface area contributed by atoms with Gasteiger partial charge in [0.05, 0.1) is 0 Å². The van der Waals surface area contributed by atoms with E-state index in [-0.39, 0.29) is 5.41 Å². The van der Waals surface area contributed by atoms with Crippen LogP contribution in [0.3, 0.4) is 0 Å². The summed E-state index contributed by atoms with van der Waals surface area (Å²) >= 11 is 0. The number of nitrogens with zero attached hydrogens (tertiary/aromatic N) is 1. The smallest absolute Gasteiger partial charge is 0.143 e. The fourth-order valence-corrected chi connectivity index (χ4v) is 9.03. The van der Waals surface area contributed by atoms with Crippen molar-refractivity contribution >= 4 is 60.5 Å². The van der Waals surface area contributed by atoms with Gasteiger partial charge >= 0.3 is 0 Å². The minimum Gasteiger partial charge on any atom is -0.455 e. The Morgan fingerprint density at radius 2 is 1.02 bits per heavy atom. The molecule has 0 fully saturated rings. The van der Waals surface area contributed by atoms with E-state index in [1.165, 1.54) is 60.7 Å². The summed E-state index contributed by atoms with van der Waals surface area (Å²) in [6, 6.07) is 68.4. The van der Waals surface area contributed by atoms with Crippen LogP contribution >= 0.6 is 0 Å². The number of hydrogen-bond donors (Lipinski definition) is 0. The number of hydrogen-bond acceptors (Lipinski definition) is 2. The Morgan fingerprint density at radius 3 is 1.87 bits per heavy atom. The lowest BCUT2D eigenvalue weighted by Crippen LogP contribution is -2.16. The van der Waals surface area contributed by atoms with Gasteiger partial charge in [-0.25, -0.2) is 0 Å². The van der Waals surface area contributed by atoms with E-state index in [1.54, 1.807) is 0 Å². The first-order chi connectivity index (χ1) is 27.0. The summed E-state index contributed by atoms with van der Waals surface area (Å²) < 4.78 is 6.74. The normalized spacial score (nSPS) is 13.1. The van der Waals surface area contributed by atoms with Crippen LogP contribution in [0.25, 0.3) is 76.9 Å². The van der Waals surface area contributed by atoms with Crippen LogP contribution in [0.15, 0.2) is 192 Å². The highest BCUT2D eigenvalue weighted by molar-refractivity contribution is 6.20. The molecule has 0 bridgehead atoms. The lowest BCUT2D eigenvalue weighted by atomic mass is 9.82. The summed E-state index contributed by atoms with van der Waals surface area (Å²) in [7, 11) is 0. The lowest BCUT2D eigenvalue weighted by Gasteiger charge is -2.28. The highest BCUT2D eigenvalue weighted by Crippen LogP contribution is 2.51. The molecule has 0 amide bonds. The van der Waals surface area contributed by atoms with Crippen LogP contribution in [0.5, 0.6) is 0 Å². The number of anilines is 3. The molecule has 2 heteroatoms. The second-order valence-electron chi connectivity index (χ2n) is 15.3. The van der Waals surface area contributed by atoms with Gasteiger partial charge in [-0.2, -0.15) is 0 Å². The standard InChI is InChI=1S/C53H37NO/c1-53(2)49-19-11-10-17-43(49)44-28-26-41(32-50(44)53)54(39-24-22-36(23-25-39)34-12-4-3-5-13-34)40-27-29-51-47(31-40)48-33-46(42-16-8-9-18-45(42)52(48)55-51)38-21-20-35-14-6-7-15-37(35)30-38/h3-33H,1-2H3. The molecule has 11 rings (SSSR count). The van der Waals surface area contributed by atoms with E-state index in [9.17, 15) is 0 Å². The molecule has 260 valence electrons. The molecule has 0 saturated heterocycles. The van der Waals surface area contributed by atoms with Crippen molar-refractivity contribution in [1.82, 2.24) is 0 Å². The van der Waals surface area contributed by atoms with Crippen LogP contribution in [0, 0.1) is 0 Å². The summed E-state index contributed by atoms with van der Waals surface area (Å²) in [4.78, 5) is 2.40. The lowest BCUT2D eigenvalue weighted by molar-refractivity contribution is 0.660. The Bertz CT molecular complexity index is 3110. The highest BCUT2D eigenvalue weighted by Gasteiger charge is 2.35. The topological polar surface area (TPSA) is 16.4 Å². The fourth-order valence-electron chi connectivity index (χ4n) is 9.03. The Balaban J connectivity index is 1.12. The zero-order valence-electron chi connectivity index (χ0n) is 30.8. The van der Waals surface area contributed by atoms with Crippen molar-refractivity contribution in [1.29, 1.82) is 0 Å². The second kappa shape index (κ2) is 12.1. The van der Waals surface area contributed by atoms with E-state index in [4.69, 9.17) is 4.42 Å². The Labute approximate surface area is 320 Å². The van der Waals surface area contributed by atoms with Crippen molar-refractivity contribution in [2.45, 2.75) is 19.3 Å². The van der Waals surface area contributed by atoms with Gasteiger partial charge in [0, 0.05) is 38.6 Å². The monoisotopic (exact) mass is 703 g/mol. The first-order valence-corrected chi connectivity index (χ1v) is 19.1. The maximum absolute atomic E-state index is 6.74. The average Bonchev–Trinajstić information content (AvgIpc) is 3.72. The Hall–Kier alpha value is -6.90. The minimum atomic E-state index is -0.115. The van der Waals surface area contributed by atoms with Crippen molar-refractivity contribution in [3.05, 3.63) is 199 Å². The molecule has 9 aromatic carbocycles. The van der Waals surface area contributed by atoms with E-state index in [0.29, 0.717) is 0 Å². The quantitative estimate of drug-likeness (QED) is 0.177. The Morgan fingerprint density at radius 1 is 0.382 bits per heavy atom. The van der Waals surface area contributed by atoms with E-state index in [2.05, 4.69) is 207 Å². The summed E-state index contributed by atoms with van der Waals surface area (Å²) in [5.41, 5.74) is 15.2. The first kappa shape index (κ1) is 31.6. The van der Waals surface area contributed by atoms with Crippen LogP contribution < -0.4 is 4.90 Å². The van der Waals surface area contributed by atoms with Crippen molar-refractivity contribution in [3.8, 4) is 33.4 Å². The molecule has 1 aromatic heterocycles. The maximum atomic E-state index is 6.74. The molecule has 0 saturated carbocycles. The molecule has 0 atom stereocenters. The maximum Gasteiger partial charge on any atom is 0.143 e. The van der Waals surface area contributed by atoms with Crippen molar-refractivity contribution < 1.29 is 4.42 Å². The van der Waals surface area contributed by atoms with E-state index in [1.807, 2.05) is 0 Å². The molecule has 1 aliphatic rings. The van der Waals surface area contributed by atoms with E-state index >= 15 is 0 Å². The zero-order chi connectivity index (χ0) is 36.7. The molecule has 10 aromatic rings. The molecule has 0 unspecified atom stereocenters. The van der Waals surface area contributed by atoms with Crippen LogP contribution in [0.2, 0.25) is 0 Å². The largest absolute Gasteiger partial charge is 0.455 e. The summed E-state index contributed by atoms with van der Waals surface area (Å²) in [6.45, 7) is 4.70. The number of fused-ring (bicyclic) bond motifs is 9. The third kappa shape index (κ3) is 4.95. The van der Waals surface area contributed by atoms with Gasteiger partial charge in [-0.15, -0.1) is 0 Å². The minimum absolute atomic E-state index is 0.115. The van der Waals surface area contributed by atoms with Gasteiger partial charge in [-0.1, -0.05) is 147 Å². The van der Waals surface area contributed by atoms with Gasteiger partial charge in [0.25, 0.3) is 0 Å². The molecule has 1 heterocycles. The average molecular weight is 704 g/mol. The molecule has 0 radical (unpaired) electrons. The van der Waals surface area contributed by atoms with Gasteiger partial charge in [0.15, 0.2) is 0 Å². The number of furan rings is 1. The van der Waals surface area contributed by atoms with Crippen LogP contribution in [-0.2, 0) is 5.41 Å². The highest BCUT2D eigenvalue weighted by atomic mass is 16.3. The van der Waals surface area contributed by atoms with E-state index < -0.39 is 0 Å². The molecule has 55 heavy (non-hydrogen) atoms. The molecular weight excluding hydrogens is 667 g/mol. The van der Waals surface area contributed by atoms with Gasteiger partial charge in [0.2, 0.25) is 0 Å². The van der Waals surface area contributed by atoms with Crippen LogP contribution in [0.4, 0.5) is 17.1 Å². The molecule has 1 aliphatic carbocycles. The number of benzene rings is 9. The van der Waals surface area contributed by atoms with Crippen LogP contribution in [-0.4, -0.2) is 0 Å². The third-order valence-corrected chi connectivity index (χ3v) is 11.8. The number of rotatable bonds is 5. The predicted octanol–water partition coefficient (Wildman–Crippen LogP) is 15.0. The molecule has 0 spiro atoms. The summed E-state index contributed by atoms with van der Waals surface area (Å²) in [5.74, 6) is 0. The van der Waals surface area contributed by atoms with Crippen molar-refractivity contribution in [2.75, 3.05) is 4.90 Å². The first-order valence-electron chi connectivity index (χ1n) is 19.1. The summed E-state index contributed by atoms with van der Waals surface area (Å²) in [5, 5.41) is 6.99. The molecular formula is C53H37NO. The van der Waals surface area contributed by atoms with Gasteiger partial charge in [-0.05, 0) is 115 Å². The van der Waals surface area contributed by atoms with Gasteiger partial charge < -0.3 is 9.32 Å². The third-order valence-electron chi connectivity index (χ3n) is 11.8. The zero-order valence-corrected chi connectivity index (χ0v) is 30.8. The van der Waals surface area contributed by atoms with Gasteiger partial charge in [-0.3, -0.25) is 0 Å². The van der Waals surface area contributed by atoms with Crippen molar-refractivity contribution in [2.24, 2.45) is 0 Å². The fraction of sp³-hybridized carbons (Fsp3) is 0.0566.